The predicted molar refractivity (Wildman–Crippen MR) is 106 cm³/mol. The molecule has 5 nitrogen and oxygen atoms in total. The highest BCUT2D eigenvalue weighted by atomic mass is 35.5. The van der Waals surface area contributed by atoms with Gasteiger partial charge in [0.1, 0.15) is 11.6 Å². The van der Waals surface area contributed by atoms with Crippen LogP contribution >= 0.6 is 34.5 Å². The Bertz CT molecular complexity index is 1090. The number of halogens is 4. The van der Waals surface area contributed by atoms with Crippen molar-refractivity contribution in [1.29, 1.82) is 0 Å². The molecule has 0 unspecified atom stereocenters. The van der Waals surface area contributed by atoms with Crippen molar-refractivity contribution in [2.45, 2.75) is 6.92 Å². The van der Waals surface area contributed by atoms with Gasteiger partial charge in [0.05, 0.1) is 21.3 Å². The largest absolute Gasteiger partial charge is 0.326 e. The lowest BCUT2D eigenvalue weighted by molar-refractivity contribution is -0.114. The van der Waals surface area contributed by atoms with Gasteiger partial charge in [-0.3, -0.25) is 14.9 Å². The molecule has 0 fully saturated rings. The lowest BCUT2D eigenvalue weighted by Gasteiger charge is -2.06. The zero-order valence-corrected chi connectivity index (χ0v) is 16.5. The van der Waals surface area contributed by atoms with Gasteiger partial charge in [-0.25, -0.2) is 13.8 Å². The van der Waals surface area contributed by atoms with Crippen LogP contribution in [0.15, 0.2) is 35.7 Å². The molecule has 0 spiro atoms. The van der Waals surface area contributed by atoms with Gasteiger partial charge < -0.3 is 5.32 Å². The number of benzene rings is 2. The maximum Gasteiger partial charge on any atom is 0.259 e. The maximum atomic E-state index is 14.3. The number of hydrogen-bond acceptors (Lipinski definition) is 4. The summed E-state index contributed by atoms with van der Waals surface area (Å²) in [5.41, 5.74) is 0.699. The number of nitrogens with zero attached hydrogens (tertiary/aromatic N) is 1. The van der Waals surface area contributed by atoms with E-state index < -0.39 is 17.5 Å². The molecule has 0 saturated carbocycles. The molecule has 0 saturated heterocycles. The van der Waals surface area contributed by atoms with Crippen LogP contribution in [0.4, 0.5) is 19.6 Å². The van der Waals surface area contributed by atoms with E-state index in [4.69, 9.17) is 23.2 Å². The van der Waals surface area contributed by atoms with Crippen molar-refractivity contribution >= 4 is 57.2 Å². The summed E-state index contributed by atoms with van der Waals surface area (Å²) in [6.45, 7) is 1.32. The molecule has 2 N–H and O–H groups in total. The highest BCUT2D eigenvalue weighted by Crippen LogP contribution is 2.30. The van der Waals surface area contributed by atoms with Crippen LogP contribution in [0.25, 0.3) is 11.3 Å². The van der Waals surface area contributed by atoms with Gasteiger partial charge in [-0.2, -0.15) is 0 Å². The first-order valence-electron chi connectivity index (χ1n) is 7.73. The number of nitrogens with one attached hydrogen (secondary N) is 2. The van der Waals surface area contributed by atoms with E-state index in [2.05, 4.69) is 15.6 Å². The molecule has 0 aliphatic heterocycles. The predicted octanol–water partition coefficient (Wildman–Crippen LogP) is 5.61. The second-order valence-corrected chi connectivity index (χ2v) is 7.29. The van der Waals surface area contributed by atoms with Crippen molar-refractivity contribution in [2.75, 3.05) is 10.6 Å². The van der Waals surface area contributed by atoms with Crippen LogP contribution in [0.1, 0.15) is 17.3 Å². The Kier molecular flexibility index (Phi) is 5.93. The lowest BCUT2D eigenvalue weighted by atomic mass is 10.1. The normalized spacial score (nSPS) is 10.6. The number of carbonyl (C=O) groups excluding carboxylic acids is 2. The third kappa shape index (κ3) is 4.46. The number of aromatic nitrogens is 1. The Morgan fingerprint density at radius 1 is 1.04 bits per heavy atom. The molecular formula is C18H11Cl2F2N3O2S. The summed E-state index contributed by atoms with van der Waals surface area (Å²) >= 11 is 12.6. The van der Waals surface area contributed by atoms with Gasteiger partial charge in [-0.05, 0) is 30.3 Å². The van der Waals surface area contributed by atoms with Crippen molar-refractivity contribution in [3.63, 3.8) is 0 Å². The Balaban J connectivity index is 1.80. The first-order valence-corrected chi connectivity index (χ1v) is 9.37. The van der Waals surface area contributed by atoms with Gasteiger partial charge in [0, 0.05) is 23.6 Å². The summed E-state index contributed by atoms with van der Waals surface area (Å²) in [6, 6.07) is 6.23. The summed E-state index contributed by atoms with van der Waals surface area (Å²) in [5.74, 6) is -2.36. The first kappa shape index (κ1) is 20.2. The fraction of sp³-hybridized carbons (Fsp3) is 0.0556. The van der Waals surface area contributed by atoms with Crippen molar-refractivity contribution < 1.29 is 18.4 Å². The Hall–Kier alpha value is -2.55. The van der Waals surface area contributed by atoms with E-state index in [1.807, 2.05) is 0 Å². The van der Waals surface area contributed by atoms with E-state index in [1.165, 1.54) is 25.1 Å². The average molecular weight is 442 g/mol. The third-order valence-electron chi connectivity index (χ3n) is 3.54. The fourth-order valence-electron chi connectivity index (χ4n) is 2.32. The molecule has 1 aromatic heterocycles. The van der Waals surface area contributed by atoms with Crippen molar-refractivity contribution in [2.24, 2.45) is 0 Å². The standard InChI is InChI=1S/C18H11Cl2F2N3O2S/c1-8(26)23-9-2-3-10(14(21)4-9)16-7-28-18(24-16)25-17(27)11-5-15(22)13(20)6-12(11)19/h2-7H,1H3,(H,23,26)(H,24,25,27). The number of rotatable bonds is 4. The van der Waals surface area contributed by atoms with Crippen molar-refractivity contribution in [3.05, 3.63) is 63.0 Å². The van der Waals surface area contributed by atoms with Crippen LogP contribution in [-0.2, 0) is 4.79 Å². The molecule has 0 aliphatic rings. The van der Waals surface area contributed by atoms with Crippen LogP contribution in [-0.4, -0.2) is 16.8 Å². The average Bonchev–Trinajstić information content (AvgIpc) is 3.05. The second-order valence-electron chi connectivity index (χ2n) is 5.61. The first-order chi connectivity index (χ1) is 13.2. The highest BCUT2D eigenvalue weighted by Gasteiger charge is 2.17. The molecule has 144 valence electrons. The van der Waals surface area contributed by atoms with E-state index in [0.29, 0.717) is 11.4 Å². The summed E-state index contributed by atoms with van der Waals surface area (Å²) in [4.78, 5) is 27.5. The molecule has 0 aliphatic carbocycles. The summed E-state index contributed by atoms with van der Waals surface area (Å²) < 4.78 is 27.9. The molecule has 0 bridgehead atoms. The molecular weight excluding hydrogens is 431 g/mol. The van der Waals surface area contributed by atoms with Gasteiger partial charge in [0.2, 0.25) is 5.91 Å². The Morgan fingerprint density at radius 3 is 2.46 bits per heavy atom. The number of hydrogen-bond donors (Lipinski definition) is 2. The van der Waals surface area contributed by atoms with Crippen molar-refractivity contribution in [1.82, 2.24) is 4.98 Å². The molecule has 28 heavy (non-hydrogen) atoms. The SMILES string of the molecule is CC(=O)Nc1ccc(-c2csc(NC(=O)c3cc(F)c(Cl)cc3Cl)n2)c(F)c1. The molecule has 3 rings (SSSR count). The molecule has 2 amide bonds. The number of carbonyl (C=O) groups is 2. The van der Waals surface area contributed by atoms with Gasteiger partial charge >= 0.3 is 0 Å². The minimum absolute atomic E-state index is 0.0136. The molecule has 0 radical (unpaired) electrons. The number of thiazole rings is 1. The monoisotopic (exact) mass is 441 g/mol. The minimum atomic E-state index is -0.780. The summed E-state index contributed by atoms with van der Waals surface area (Å²) in [6.07, 6.45) is 0. The molecule has 2 aromatic carbocycles. The van der Waals surface area contributed by atoms with E-state index in [1.54, 1.807) is 5.38 Å². The highest BCUT2D eigenvalue weighted by molar-refractivity contribution is 7.14. The maximum absolute atomic E-state index is 14.3. The van der Waals surface area contributed by atoms with Crippen molar-refractivity contribution in [3.8, 4) is 11.3 Å². The fourth-order valence-corrected chi connectivity index (χ4v) is 3.49. The number of anilines is 2. The Labute approximate surface area is 172 Å². The quantitative estimate of drug-likeness (QED) is 0.517. The topological polar surface area (TPSA) is 71.1 Å². The van der Waals surface area contributed by atoms with Crippen LogP contribution in [0.3, 0.4) is 0 Å². The van der Waals surface area contributed by atoms with E-state index >= 15 is 0 Å². The number of amides is 2. The second kappa shape index (κ2) is 8.22. The minimum Gasteiger partial charge on any atom is -0.326 e. The lowest BCUT2D eigenvalue weighted by Crippen LogP contribution is -2.12. The molecule has 3 aromatic rings. The van der Waals surface area contributed by atoms with Gasteiger partial charge in [-0.15, -0.1) is 11.3 Å². The zero-order valence-electron chi connectivity index (χ0n) is 14.1. The van der Waals surface area contributed by atoms with Crippen LogP contribution in [0.2, 0.25) is 10.0 Å². The summed E-state index contributed by atoms with van der Waals surface area (Å²) in [7, 11) is 0. The molecule has 10 heteroatoms. The van der Waals surface area contributed by atoms with E-state index in [0.717, 1.165) is 23.5 Å². The van der Waals surface area contributed by atoms with Crippen LogP contribution in [0, 0.1) is 11.6 Å². The van der Waals surface area contributed by atoms with E-state index in [9.17, 15) is 18.4 Å². The van der Waals surface area contributed by atoms with Gasteiger partial charge in [-0.1, -0.05) is 23.2 Å². The van der Waals surface area contributed by atoms with Crippen LogP contribution in [0.5, 0.6) is 0 Å². The Morgan fingerprint density at radius 2 is 1.79 bits per heavy atom. The summed E-state index contributed by atoms with van der Waals surface area (Å²) in [5, 5.41) is 6.49. The third-order valence-corrected chi connectivity index (χ3v) is 4.90. The molecule has 1 heterocycles. The smallest absolute Gasteiger partial charge is 0.259 e. The van der Waals surface area contributed by atoms with E-state index in [-0.39, 0.29) is 32.2 Å². The van der Waals surface area contributed by atoms with Gasteiger partial charge in [0.15, 0.2) is 5.13 Å². The zero-order chi connectivity index (χ0) is 20.4. The van der Waals surface area contributed by atoms with Crippen LogP contribution < -0.4 is 10.6 Å². The van der Waals surface area contributed by atoms with Gasteiger partial charge in [0.25, 0.3) is 5.91 Å². The molecule has 0 atom stereocenters.